The molecular weight excluding hydrogens is 457 g/mol. The Morgan fingerprint density at radius 2 is 1.74 bits per heavy atom. The van der Waals surface area contributed by atoms with Crippen LogP contribution in [0.2, 0.25) is 0 Å². The van der Waals surface area contributed by atoms with Crippen molar-refractivity contribution < 1.29 is 33.0 Å². The summed E-state index contributed by atoms with van der Waals surface area (Å²) in [6.07, 6.45) is 1.05. The molecule has 0 saturated carbocycles. The molecule has 3 amide bonds. The Kier molecular flexibility index (Phi) is 7.81. The lowest BCUT2D eigenvalue weighted by Gasteiger charge is -2.36. The average molecular weight is 486 g/mol. The van der Waals surface area contributed by atoms with Crippen LogP contribution in [0.15, 0.2) is 42.5 Å². The summed E-state index contributed by atoms with van der Waals surface area (Å²) in [4.78, 5) is 40.5. The van der Waals surface area contributed by atoms with Crippen molar-refractivity contribution >= 4 is 17.7 Å². The highest BCUT2D eigenvalue weighted by atomic mass is 19.1. The van der Waals surface area contributed by atoms with Crippen LogP contribution in [0.3, 0.4) is 0 Å². The second kappa shape index (κ2) is 11.2. The third-order valence-corrected chi connectivity index (χ3v) is 6.20. The van der Waals surface area contributed by atoms with E-state index in [4.69, 9.17) is 14.2 Å². The van der Waals surface area contributed by atoms with E-state index in [1.807, 2.05) is 0 Å². The molecule has 186 valence electrons. The maximum absolute atomic E-state index is 13.2. The number of hydrogen-bond acceptors (Lipinski definition) is 6. The van der Waals surface area contributed by atoms with Crippen LogP contribution in [0.5, 0.6) is 11.5 Å². The van der Waals surface area contributed by atoms with Gasteiger partial charge in [-0.2, -0.15) is 0 Å². The van der Waals surface area contributed by atoms with E-state index in [2.05, 4.69) is 10.6 Å². The van der Waals surface area contributed by atoms with Crippen LogP contribution < -0.4 is 20.1 Å². The lowest BCUT2D eigenvalue weighted by Crippen LogP contribution is -2.54. The number of fused-ring (bicyclic) bond motifs is 1. The van der Waals surface area contributed by atoms with E-state index in [9.17, 15) is 18.8 Å². The molecule has 2 N–H and O–H groups in total. The number of hydrogen-bond donors (Lipinski definition) is 2. The summed E-state index contributed by atoms with van der Waals surface area (Å²) < 4.78 is 28.8. The molecule has 0 aromatic heterocycles. The van der Waals surface area contributed by atoms with Gasteiger partial charge in [-0.25, -0.2) is 4.39 Å². The summed E-state index contributed by atoms with van der Waals surface area (Å²) in [6, 6.07) is 9.51. The minimum Gasteiger partial charge on any atom is -0.454 e. The van der Waals surface area contributed by atoms with E-state index in [0.717, 1.165) is 0 Å². The summed E-state index contributed by atoms with van der Waals surface area (Å²) in [5.74, 6) is -0.429. The molecular formula is C25H28FN3O6. The number of amides is 3. The van der Waals surface area contributed by atoms with Gasteiger partial charge < -0.3 is 29.7 Å². The third kappa shape index (κ3) is 5.89. The molecule has 2 aromatic rings. The van der Waals surface area contributed by atoms with Gasteiger partial charge in [-0.3, -0.25) is 14.4 Å². The number of piperidine rings is 1. The van der Waals surface area contributed by atoms with Crippen LogP contribution in [-0.2, 0) is 9.53 Å². The van der Waals surface area contributed by atoms with Crippen molar-refractivity contribution in [1.82, 2.24) is 15.5 Å². The Morgan fingerprint density at radius 1 is 1.06 bits per heavy atom. The first-order chi connectivity index (χ1) is 17.0. The molecule has 10 heteroatoms. The van der Waals surface area contributed by atoms with Crippen molar-refractivity contribution in [2.75, 3.05) is 40.1 Å². The maximum atomic E-state index is 13.2. The fourth-order valence-corrected chi connectivity index (χ4v) is 4.26. The Bertz CT molecular complexity index is 1070. The van der Waals surface area contributed by atoms with Gasteiger partial charge in [0.25, 0.3) is 11.8 Å². The Balaban J connectivity index is 1.42. The van der Waals surface area contributed by atoms with Crippen molar-refractivity contribution in [2.45, 2.75) is 18.9 Å². The third-order valence-electron chi connectivity index (χ3n) is 6.20. The van der Waals surface area contributed by atoms with E-state index in [-0.39, 0.29) is 24.5 Å². The van der Waals surface area contributed by atoms with E-state index in [1.165, 1.54) is 24.3 Å². The number of rotatable bonds is 8. The van der Waals surface area contributed by atoms with Gasteiger partial charge in [0.1, 0.15) is 11.9 Å². The van der Waals surface area contributed by atoms with Crippen molar-refractivity contribution in [2.24, 2.45) is 5.92 Å². The first-order valence-electron chi connectivity index (χ1n) is 11.5. The molecule has 35 heavy (non-hydrogen) atoms. The number of halogens is 1. The molecule has 0 spiro atoms. The number of methoxy groups -OCH3 is 1. The molecule has 4 rings (SSSR count). The van der Waals surface area contributed by atoms with Crippen LogP contribution in [0.1, 0.15) is 33.6 Å². The first kappa shape index (κ1) is 24.5. The fraction of sp³-hybridized carbons (Fsp3) is 0.400. The smallest absolute Gasteiger partial charge is 0.253 e. The number of likely N-dealkylation sites (tertiary alicyclic amines) is 1. The minimum atomic E-state index is -0.784. The summed E-state index contributed by atoms with van der Waals surface area (Å²) in [7, 11) is 1.54. The van der Waals surface area contributed by atoms with Crippen LogP contribution >= 0.6 is 0 Å². The number of carbonyl (C=O) groups is 3. The molecule has 1 unspecified atom stereocenters. The largest absolute Gasteiger partial charge is 0.454 e. The van der Waals surface area contributed by atoms with Gasteiger partial charge >= 0.3 is 0 Å². The molecule has 0 bridgehead atoms. The van der Waals surface area contributed by atoms with Gasteiger partial charge in [0.15, 0.2) is 11.5 Å². The van der Waals surface area contributed by atoms with Gasteiger partial charge in [-0.15, -0.1) is 0 Å². The fourth-order valence-electron chi connectivity index (χ4n) is 4.26. The Morgan fingerprint density at radius 3 is 2.46 bits per heavy atom. The van der Waals surface area contributed by atoms with Gasteiger partial charge in [-0.1, -0.05) is 0 Å². The van der Waals surface area contributed by atoms with Crippen LogP contribution in [-0.4, -0.2) is 68.8 Å². The molecule has 2 aliphatic heterocycles. The molecule has 1 atom stereocenters. The van der Waals surface area contributed by atoms with Crippen molar-refractivity contribution in [3.8, 4) is 11.5 Å². The van der Waals surface area contributed by atoms with Crippen molar-refractivity contribution in [3.05, 3.63) is 59.4 Å². The van der Waals surface area contributed by atoms with Gasteiger partial charge in [0.2, 0.25) is 12.7 Å². The second-order valence-electron chi connectivity index (χ2n) is 8.44. The maximum Gasteiger partial charge on any atom is 0.253 e. The lowest BCUT2D eigenvalue weighted by molar-refractivity contribution is -0.124. The summed E-state index contributed by atoms with van der Waals surface area (Å²) in [5, 5.41) is 5.67. The van der Waals surface area contributed by atoms with E-state index < -0.39 is 17.8 Å². The first-order valence-corrected chi connectivity index (χ1v) is 11.5. The van der Waals surface area contributed by atoms with Gasteiger partial charge in [0.05, 0.1) is 6.61 Å². The van der Waals surface area contributed by atoms with Crippen LogP contribution in [0, 0.1) is 11.7 Å². The van der Waals surface area contributed by atoms with E-state index >= 15 is 0 Å². The van der Waals surface area contributed by atoms with E-state index in [0.29, 0.717) is 61.7 Å². The Hall–Kier alpha value is -3.66. The number of carbonyl (C=O) groups excluding carboxylic acids is 3. The molecule has 1 fully saturated rings. The lowest BCUT2D eigenvalue weighted by atomic mass is 9.88. The Labute approximate surface area is 202 Å². The molecule has 2 heterocycles. The zero-order valence-electron chi connectivity index (χ0n) is 19.4. The van der Waals surface area contributed by atoms with Crippen LogP contribution in [0.25, 0.3) is 0 Å². The molecule has 0 radical (unpaired) electrons. The van der Waals surface area contributed by atoms with E-state index in [1.54, 1.807) is 30.2 Å². The average Bonchev–Trinajstić information content (AvgIpc) is 3.35. The summed E-state index contributed by atoms with van der Waals surface area (Å²) >= 11 is 0. The molecule has 1 saturated heterocycles. The van der Waals surface area contributed by atoms with Crippen LogP contribution in [0.4, 0.5) is 4.39 Å². The highest BCUT2D eigenvalue weighted by molar-refractivity contribution is 5.98. The van der Waals surface area contributed by atoms with Crippen molar-refractivity contribution in [1.29, 1.82) is 0 Å². The molecule has 2 aliphatic rings. The monoisotopic (exact) mass is 485 g/mol. The number of benzene rings is 2. The quantitative estimate of drug-likeness (QED) is 0.554. The predicted octanol–water partition coefficient (Wildman–Crippen LogP) is 1.97. The number of ether oxygens (including phenoxy) is 3. The van der Waals surface area contributed by atoms with Gasteiger partial charge in [-0.05, 0) is 61.2 Å². The molecule has 0 aliphatic carbocycles. The second-order valence-corrected chi connectivity index (χ2v) is 8.44. The van der Waals surface area contributed by atoms with Gasteiger partial charge in [0, 0.05) is 37.9 Å². The SMILES string of the molecule is COCCNC(=O)C(NC(=O)c1ccc2c(c1)OCO2)C1CCN(C(=O)c2ccc(F)cc2)CC1. The molecule has 9 nitrogen and oxygen atoms in total. The highest BCUT2D eigenvalue weighted by Crippen LogP contribution is 2.32. The molecule has 2 aromatic carbocycles. The summed E-state index contributed by atoms with van der Waals surface area (Å²) in [6.45, 7) is 1.60. The summed E-state index contributed by atoms with van der Waals surface area (Å²) in [5.41, 5.74) is 0.766. The minimum absolute atomic E-state index is 0.0974. The number of nitrogens with one attached hydrogen (secondary N) is 2. The highest BCUT2D eigenvalue weighted by Gasteiger charge is 2.34. The van der Waals surface area contributed by atoms with Crippen molar-refractivity contribution in [3.63, 3.8) is 0 Å². The predicted molar refractivity (Wildman–Crippen MR) is 124 cm³/mol. The zero-order valence-corrected chi connectivity index (χ0v) is 19.4. The standard InChI is InChI=1S/C25H28FN3O6/c1-33-13-10-27-24(31)22(28-23(30)18-4-7-20-21(14-18)35-15-34-20)16-8-11-29(12-9-16)25(32)17-2-5-19(26)6-3-17/h2-7,14,16,22H,8-13,15H2,1H3,(H,27,31)(H,28,30). The normalized spacial score (nSPS) is 16.0. The topological polar surface area (TPSA) is 106 Å². The number of nitrogens with zero attached hydrogens (tertiary/aromatic N) is 1. The zero-order chi connectivity index (χ0) is 24.8.